The second kappa shape index (κ2) is 6.98. The lowest BCUT2D eigenvalue weighted by atomic mass is 10.0. The molecule has 0 saturated carbocycles. The van der Waals surface area contributed by atoms with Gasteiger partial charge in [-0.15, -0.1) is 0 Å². The number of ether oxygens (including phenoxy) is 2. The zero-order chi connectivity index (χ0) is 17.1. The van der Waals surface area contributed by atoms with Crippen LogP contribution < -0.4 is 0 Å². The van der Waals surface area contributed by atoms with Crippen LogP contribution in [0.15, 0.2) is 54.6 Å². The Bertz CT molecular complexity index is 711. The average molecular weight is 337 g/mol. The van der Waals surface area contributed by atoms with Gasteiger partial charge in [0.2, 0.25) is 5.91 Å². The van der Waals surface area contributed by atoms with Gasteiger partial charge in [0.25, 0.3) is 0 Å². The monoisotopic (exact) mass is 337 g/mol. The minimum atomic E-state index is -0.423. The topological polar surface area (TPSA) is 38.8 Å². The smallest absolute Gasteiger partial charge is 0.226 e. The molecule has 4 heteroatoms. The van der Waals surface area contributed by atoms with Gasteiger partial charge in [0, 0.05) is 25.9 Å². The number of carbonyl (C=O) groups excluding carboxylic acids is 1. The first kappa shape index (κ1) is 16.3. The number of hydrogen-bond donors (Lipinski definition) is 0. The third-order valence-corrected chi connectivity index (χ3v) is 5.11. The molecular weight excluding hydrogens is 314 g/mol. The van der Waals surface area contributed by atoms with Crippen LogP contribution in [0, 0.1) is 0 Å². The normalized spacial score (nSPS) is 19.3. The summed E-state index contributed by atoms with van der Waals surface area (Å²) in [4.78, 5) is 14.5. The van der Waals surface area contributed by atoms with Crippen molar-refractivity contribution in [2.45, 2.75) is 25.0 Å². The van der Waals surface area contributed by atoms with Crippen LogP contribution in [0.3, 0.4) is 0 Å². The van der Waals surface area contributed by atoms with Crippen molar-refractivity contribution in [3.63, 3.8) is 0 Å². The van der Waals surface area contributed by atoms with Crippen molar-refractivity contribution >= 4 is 5.91 Å². The van der Waals surface area contributed by atoms with Gasteiger partial charge in [-0.2, -0.15) is 0 Å². The highest BCUT2D eigenvalue weighted by atomic mass is 16.7. The maximum atomic E-state index is 12.6. The zero-order valence-electron chi connectivity index (χ0n) is 14.3. The van der Waals surface area contributed by atoms with E-state index in [-0.39, 0.29) is 5.91 Å². The van der Waals surface area contributed by atoms with Gasteiger partial charge >= 0.3 is 0 Å². The first-order chi connectivity index (χ1) is 12.2. The zero-order valence-corrected chi connectivity index (χ0v) is 14.3. The van der Waals surface area contributed by atoms with Crippen molar-refractivity contribution in [3.8, 4) is 11.1 Å². The van der Waals surface area contributed by atoms with Crippen LogP contribution in [-0.2, 0) is 20.7 Å². The Morgan fingerprint density at radius 2 is 1.48 bits per heavy atom. The molecule has 0 N–H and O–H groups in total. The molecule has 2 aromatic rings. The van der Waals surface area contributed by atoms with Crippen molar-refractivity contribution in [2.24, 2.45) is 0 Å². The minimum absolute atomic E-state index is 0.181. The molecule has 2 fully saturated rings. The standard InChI is InChI=1S/C21H23NO3/c23-20(22-12-10-21(11-13-22)24-14-15-25-21)16-17-6-8-19(9-7-17)18-4-2-1-3-5-18/h1-9H,10-16H2. The molecule has 0 bridgehead atoms. The molecule has 4 rings (SSSR count). The van der Waals surface area contributed by atoms with Crippen LogP contribution in [0.1, 0.15) is 18.4 Å². The van der Waals surface area contributed by atoms with E-state index < -0.39 is 5.79 Å². The summed E-state index contributed by atoms with van der Waals surface area (Å²) in [7, 11) is 0. The maximum Gasteiger partial charge on any atom is 0.226 e. The van der Waals surface area contributed by atoms with Gasteiger partial charge in [0.05, 0.1) is 19.6 Å². The van der Waals surface area contributed by atoms with Crippen LogP contribution in [0.2, 0.25) is 0 Å². The van der Waals surface area contributed by atoms with Crippen LogP contribution >= 0.6 is 0 Å². The van der Waals surface area contributed by atoms with Crippen LogP contribution in [-0.4, -0.2) is 42.9 Å². The van der Waals surface area contributed by atoms with Gasteiger partial charge in [0.15, 0.2) is 5.79 Å². The van der Waals surface area contributed by atoms with E-state index in [1.807, 2.05) is 23.1 Å². The predicted octanol–water partition coefficient (Wildman–Crippen LogP) is 3.26. The summed E-state index contributed by atoms with van der Waals surface area (Å²) < 4.78 is 11.4. The van der Waals surface area contributed by atoms with Gasteiger partial charge in [-0.3, -0.25) is 4.79 Å². The second-order valence-corrected chi connectivity index (χ2v) is 6.73. The van der Waals surface area contributed by atoms with E-state index in [9.17, 15) is 4.79 Å². The summed E-state index contributed by atoms with van der Waals surface area (Å²) in [5.74, 6) is -0.242. The maximum absolute atomic E-state index is 12.6. The van der Waals surface area contributed by atoms with Gasteiger partial charge in [-0.05, 0) is 16.7 Å². The lowest BCUT2D eigenvalue weighted by Gasteiger charge is -2.37. The molecule has 0 unspecified atom stereocenters. The molecule has 2 heterocycles. The summed E-state index contributed by atoms with van der Waals surface area (Å²) in [6.07, 6.45) is 1.99. The summed E-state index contributed by atoms with van der Waals surface area (Å²) in [5, 5.41) is 0. The van der Waals surface area contributed by atoms with E-state index in [0.717, 1.165) is 18.4 Å². The Kier molecular flexibility index (Phi) is 4.55. The third kappa shape index (κ3) is 3.60. The first-order valence-corrected chi connectivity index (χ1v) is 8.94. The Morgan fingerprint density at radius 3 is 2.12 bits per heavy atom. The largest absolute Gasteiger partial charge is 0.347 e. The first-order valence-electron chi connectivity index (χ1n) is 8.94. The quantitative estimate of drug-likeness (QED) is 0.863. The van der Waals surface area contributed by atoms with E-state index in [1.165, 1.54) is 11.1 Å². The summed E-state index contributed by atoms with van der Waals surface area (Å²) >= 11 is 0. The molecule has 25 heavy (non-hydrogen) atoms. The number of benzene rings is 2. The van der Waals surface area contributed by atoms with Crippen LogP contribution in [0.5, 0.6) is 0 Å². The lowest BCUT2D eigenvalue weighted by Crippen LogP contribution is -2.47. The van der Waals surface area contributed by atoms with Crippen LogP contribution in [0.4, 0.5) is 0 Å². The molecule has 0 aliphatic carbocycles. The molecule has 1 spiro atoms. The molecule has 0 atom stereocenters. The fourth-order valence-electron chi connectivity index (χ4n) is 3.61. The molecular formula is C21H23NO3. The van der Waals surface area contributed by atoms with E-state index in [1.54, 1.807) is 0 Å². The molecule has 1 amide bonds. The molecule has 0 radical (unpaired) electrons. The number of rotatable bonds is 3. The molecule has 0 aromatic heterocycles. The highest BCUT2D eigenvalue weighted by molar-refractivity contribution is 5.79. The van der Waals surface area contributed by atoms with Crippen molar-refractivity contribution in [2.75, 3.05) is 26.3 Å². The molecule has 4 nitrogen and oxygen atoms in total. The number of nitrogens with zero attached hydrogens (tertiary/aromatic N) is 1. The Balaban J connectivity index is 1.35. The number of likely N-dealkylation sites (tertiary alicyclic amines) is 1. The van der Waals surface area contributed by atoms with E-state index in [4.69, 9.17) is 9.47 Å². The Morgan fingerprint density at radius 1 is 0.880 bits per heavy atom. The van der Waals surface area contributed by atoms with E-state index in [2.05, 4.69) is 36.4 Å². The van der Waals surface area contributed by atoms with Gasteiger partial charge in [-0.25, -0.2) is 0 Å². The average Bonchev–Trinajstić information content (AvgIpc) is 3.11. The third-order valence-electron chi connectivity index (χ3n) is 5.11. The number of hydrogen-bond acceptors (Lipinski definition) is 3. The second-order valence-electron chi connectivity index (χ2n) is 6.73. The number of carbonyl (C=O) groups is 1. The van der Waals surface area contributed by atoms with Crippen LogP contribution in [0.25, 0.3) is 11.1 Å². The minimum Gasteiger partial charge on any atom is -0.347 e. The van der Waals surface area contributed by atoms with Crippen molar-refractivity contribution in [1.82, 2.24) is 4.90 Å². The van der Waals surface area contributed by atoms with E-state index in [0.29, 0.717) is 32.7 Å². The predicted molar refractivity (Wildman–Crippen MR) is 96.0 cm³/mol. The van der Waals surface area contributed by atoms with Gasteiger partial charge in [0.1, 0.15) is 0 Å². The molecule has 130 valence electrons. The Hall–Kier alpha value is -2.17. The highest BCUT2D eigenvalue weighted by Crippen LogP contribution is 2.31. The fourth-order valence-corrected chi connectivity index (χ4v) is 3.61. The fraction of sp³-hybridized carbons (Fsp3) is 0.381. The number of piperidine rings is 1. The van der Waals surface area contributed by atoms with Crippen molar-refractivity contribution < 1.29 is 14.3 Å². The molecule has 2 saturated heterocycles. The lowest BCUT2D eigenvalue weighted by molar-refractivity contribution is -0.187. The molecule has 2 aromatic carbocycles. The number of amides is 1. The molecule has 2 aliphatic heterocycles. The summed E-state index contributed by atoms with van der Waals surface area (Å²) in [6.45, 7) is 2.76. The SMILES string of the molecule is O=C(Cc1ccc(-c2ccccc2)cc1)N1CCC2(CC1)OCCO2. The van der Waals surface area contributed by atoms with Gasteiger partial charge in [-0.1, -0.05) is 54.6 Å². The van der Waals surface area contributed by atoms with Crippen molar-refractivity contribution in [1.29, 1.82) is 0 Å². The van der Waals surface area contributed by atoms with E-state index >= 15 is 0 Å². The summed E-state index contributed by atoms with van der Waals surface area (Å²) in [6, 6.07) is 18.5. The summed E-state index contributed by atoms with van der Waals surface area (Å²) in [5.41, 5.74) is 3.42. The Labute approximate surface area is 148 Å². The highest BCUT2D eigenvalue weighted by Gasteiger charge is 2.40. The molecule has 2 aliphatic rings. The van der Waals surface area contributed by atoms with Crippen molar-refractivity contribution in [3.05, 3.63) is 60.2 Å². The van der Waals surface area contributed by atoms with Gasteiger partial charge < -0.3 is 14.4 Å².